The third kappa shape index (κ3) is 4.21. The molecule has 0 saturated heterocycles. The highest BCUT2D eigenvalue weighted by molar-refractivity contribution is 5.69. The summed E-state index contributed by atoms with van der Waals surface area (Å²) in [5.41, 5.74) is 0.783. The minimum atomic E-state index is -0.401. The second-order valence-corrected chi connectivity index (χ2v) is 3.05. The first kappa shape index (κ1) is 11.2. The Hall–Kier alpha value is -1.91. The van der Waals surface area contributed by atoms with Crippen LogP contribution in [0.4, 0.5) is 0 Å². The molecule has 1 aromatic carbocycles. The number of nitro groups is 1. The molecule has 1 aromatic rings. The van der Waals surface area contributed by atoms with Gasteiger partial charge in [0.1, 0.15) is 5.75 Å². The first-order valence-electron chi connectivity index (χ1n) is 4.47. The molecule has 15 heavy (non-hydrogen) atoms. The summed E-state index contributed by atoms with van der Waals surface area (Å²) in [6.45, 7) is 1.19. The molecule has 0 aliphatic carbocycles. The topological polar surface area (TPSA) is 69.4 Å². The van der Waals surface area contributed by atoms with Gasteiger partial charge in [0, 0.05) is 18.3 Å². The van der Waals surface area contributed by atoms with Crippen molar-refractivity contribution in [3.8, 4) is 5.75 Å². The number of nitrogens with zero attached hydrogens (tertiary/aromatic N) is 1. The Labute approximate surface area is 86.8 Å². The quantitative estimate of drug-likeness (QED) is 0.325. The summed E-state index contributed by atoms with van der Waals surface area (Å²) < 4.78 is 4.85. The molecule has 5 heteroatoms. The number of hydrogen-bond donors (Lipinski definition) is 0. The number of ether oxygens (including phenoxy) is 1. The summed E-state index contributed by atoms with van der Waals surface area (Å²) in [5.74, 6) is 0.0183. The second kappa shape index (κ2) is 5.09. The van der Waals surface area contributed by atoms with Crippen molar-refractivity contribution in [2.24, 2.45) is 0 Å². The molecule has 0 bridgehead atoms. The van der Waals surface area contributed by atoms with Crippen LogP contribution in [0, 0.1) is 10.1 Å². The lowest BCUT2D eigenvalue weighted by Crippen LogP contribution is -2.05. The van der Waals surface area contributed by atoms with E-state index in [1.165, 1.54) is 6.92 Å². The van der Waals surface area contributed by atoms with Crippen molar-refractivity contribution >= 4 is 5.97 Å². The van der Waals surface area contributed by atoms with E-state index in [1.807, 2.05) is 0 Å². The predicted molar refractivity (Wildman–Crippen MR) is 53.3 cm³/mol. The molecule has 0 unspecified atom stereocenters. The molecule has 0 fully saturated rings. The highest BCUT2D eigenvalue weighted by Gasteiger charge is 2.02. The van der Waals surface area contributed by atoms with Crippen molar-refractivity contribution in [3.05, 3.63) is 39.9 Å². The smallest absolute Gasteiger partial charge is 0.308 e. The lowest BCUT2D eigenvalue weighted by Gasteiger charge is -2.02. The Morgan fingerprint density at radius 1 is 1.53 bits per heavy atom. The minimum absolute atomic E-state index is 0.122. The number of esters is 1. The fraction of sp³-hybridized carbons (Fsp3) is 0.300. The van der Waals surface area contributed by atoms with E-state index in [0.717, 1.165) is 5.56 Å². The second-order valence-electron chi connectivity index (χ2n) is 3.05. The van der Waals surface area contributed by atoms with Crippen LogP contribution in [0.5, 0.6) is 5.75 Å². The van der Waals surface area contributed by atoms with Crippen LogP contribution < -0.4 is 4.74 Å². The van der Waals surface area contributed by atoms with Gasteiger partial charge in [0.05, 0.1) is 0 Å². The Bertz CT molecular complexity index is 375. The Morgan fingerprint density at radius 2 is 2.27 bits per heavy atom. The molecule has 0 amide bonds. The molecule has 0 N–H and O–H groups in total. The number of hydrogen-bond acceptors (Lipinski definition) is 4. The van der Waals surface area contributed by atoms with E-state index in [0.29, 0.717) is 12.2 Å². The van der Waals surface area contributed by atoms with E-state index in [9.17, 15) is 14.9 Å². The van der Waals surface area contributed by atoms with Crippen LogP contribution in [0.3, 0.4) is 0 Å². The van der Waals surface area contributed by atoms with Gasteiger partial charge >= 0.3 is 5.97 Å². The molecule has 0 heterocycles. The zero-order valence-electron chi connectivity index (χ0n) is 8.30. The Morgan fingerprint density at radius 3 is 2.87 bits per heavy atom. The van der Waals surface area contributed by atoms with E-state index in [1.54, 1.807) is 24.3 Å². The van der Waals surface area contributed by atoms with E-state index in [4.69, 9.17) is 4.74 Å². The molecule has 1 rings (SSSR count). The van der Waals surface area contributed by atoms with Crippen LogP contribution in [-0.4, -0.2) is 17.4 Å². The lowest BCUT2D eigenvalue weighted by molar-refractivity contribution is -0.479. The maximum absolute atomic E-state index is 10.7. The fourth-order valence-corrected chi connectivity index (χ4v) is 1.15. The molecule has 0 atom stereocenters. The zero-order valence-corrected chi connectivity index (χ0v) is 8.30. The van der Waals surface area contributed by atoms with Crippen molar-refractivity contribution in [2.75, 3.05) is 6.54 Å². The fourth-order valence-electron chi connectivity index (χ4n) is 1.15. The summed E-state index contributed by atoms with van der Waals surface area (Å²) in [6, 6.07) is 6.73. The van der Waals surface area contributed by atoms with Gasteiger partial charge < -0.3 is 4.74 Å². The number of carbonyl (C=O) groups is 1. The van der Waals surface area contributed by atoms with Crippen molar-refractivity contribution in [1.29, 1.82) is 0 Å². The van der Waals surface area contributed by atoms with Gasteiger partial charge in [-0.3, -0.25) is 14.9 Å². The van der Waals surface area contributed by atoms with Gasteiger partial charge in [-0.1, -0.05) is 12.1 Å². The third-order valence-electron chi connectivity index (χ3n) is 1.74. The molecule has 0 spiro atoms. The Kier molecular flexibility index (Phi) is 3.79. The third-order valence-corrected chi connectivity index (χ3v) is 1.74. The largest absolute Gasteiger partial charge is 0.427 e. The van der Waals surface area contributed by atoms with Gasteiger partial charge in [0.15, 0.2) is 0 Å². The van der Waals surface area contributed by atoms with E-state index in [-0.39, 0.29) is 11.5 Å². The normalized spacial score (nSPS) is 9.67. The molecule has 5 nitrogen and oxygen atoms in total. The van der Waals surface area contributed by atoms with Crippen LogP contribution in [-0.2, 0) is 11.2 Å². The molecule has 0 radical (unpaired) electrons. The van der Waals surface area contributed by atoms with Crippen LogP contribution in [0.25, 0.3) is 0 Å². The zero-order chi connectivity index (χ0) is 11.3. The summed E-state index contributed by atoms with van der Waals surface area (Å²) in [4.78, 5) is 20.4. The number of rotatable bonds is 4. The average Bonchev–Trinajstić information content (AvgIpc) is 2.14. The maximum atomic E-state index is 10.7. The molecule has 80 valence electrons. The number of carbonyl (C=O) groups excluding carboxylic acids is 1. The molecular formula is C10H11NO4. The lowest BCUT2D eigenvalue weighted by atomic mass is 10.1. The van der Waals surface area contributed by atoms with Crippen LogP contribution in [0.2, 0.25) is 0 Å². The van der Waals surface area contributed by atoms with Gasteiger partial charge in [-0.05, 0) is 17.7 Å². The van der Waals surface area contributed by atoms with Crippen LogP contribution in [0.1, 0.15) is 12.5 Å². The van der Waals surface area contributed by atoms with Crippen molar-refractivity contribution in [2.45, 2.75) is 13.3 Å². The van der Waals surface area contributed by atoms with Crippen molar-refractivity contribution in [1.82, 2.24) is 0 Å². The van der Waals surface area contributed by atoms with Crippen LogP contribution >= 0.6 is 0 Å². The highest BCUT2D eigenvalue weighted by Crippen LogP contribution is 2.13. The molecule has 0 aromatic heterocycles. The minimum Gasteiger partial charge on any atom is -0.427 e. The monoisotopic (exact) mass is 209 g/mol. The standard InChI is InChI=1S/C10H11NO4/c1-8(12)15-10-4-2-3-9(7-10)5-6-11(13)14/h2-4,7H,5-6H2,1H3. The van der Waals surface area contributed by atoms with Gasteiger partial charge in [-0.2, -0.15) is 0 Å². The number of benzene rings is 1. The predicted octanol–water partition coefficient (Wildman–Crippen LogP) is 1.43. The first-order chi connectivity index (χ1) is 7.08. The average molecular weight is 209 g/mol. The first-order valence-corrected chi connectivity index (χ1v) is 4.47. The summed E-state index contributed by atoms with van der Waals surface area (Å²) >= 11 is 0. The van der Waals surface area contributed by atoms with Crippen LogP contribution in [0.15, 0.2) is 24.3 Å². The van der Waals surface area contributed by atoms with Gasteiger partial charge in [0.2, 0.25) is 6.54 Å². The molecular weight excluding hydrogens is 198 g/mol. The summed E-state index contributed by atoms with van der Waals surface area (Å²) in [6.07, 6.45) is 0.335. The highest BCUT2D eigenvalue weighted by atomic mass is 16.6. The van der Waals surface area contributed by atoms with Crippen molar-refractivity contribution < 1.29 is 14.5 Å². The van der Waals surface area contributed by atoms with E-state index < -0.39 is 5.97 Å². The Balaban J connectivity index is 2.65. The molecule has 0 aliphatic rings. The molecule has 0 aliphatic heterocycles. The van der Waals surface area contributed by atoms with Gasteiger partial charge in [0.25, 0.3) is 0 Å². The van der Waals surface area contributed by atoms with Crippen molar-refractivity contribution in [3.63, 3.8) is 0 Å². The summed E-state index contributed by atoms with van der Waals surface area (Å²) in [7, 11) is 0. The SMILES string of the molecule is CC(=O)Oc1cccc(CC[N+](=O)[O-])c1. The van der Waals surface area contributed by atoms with E-state index >= 15 is 0 Å². The molecule has 0 saturated carbocycles. The van der Waals surface area contributed by atoms with Gasteiger partial charge in [-0.25, -0.2) is 0 Å². The van der Waals surface area contributed by atoms with E-state index in [2.05, 4.69) is 0 Å². The maximum Gasteiger partial charge on any atom is 0.308 e. The summed E-state index contributed by atoms with van der Waals surface area (Å²) in [5, 5.41) is 10.2. The van der Waals surface area contributed by atoms with Gasteiger partial charge in [-0.15, -0.1) is 0 Å².